The number of carboxylic acids is 1. The van der Waals surface area contributed by atoms with Crippen molar-refractivity contribution in [1.29, 1.82) is 0 Å². The number of unbranched alkanes of at least 4 members (excludes halogenated alkanes) is 4. The quantitative estimate of drug-likeness (QED) is 0.00646. The average molecular weight is 2250 g/mol. The fraction of sp³-hybridized carbons (Fsp3) is 0.642. The molecule has 41 heteroatoms. The van der Waals surface area contributed by atoms with Crippen LogP contribution in [0.5, 0.6) is 46.0 Å². The molecule has 1 N–H and O–H groups in total. The van der Waals surface area contributed by atoms with Crippen molar-refractivity contribution >= 4 is 88.6 Å². The van der Waals surface area contributed by atoms with Crippen molar-refractivity contribution in [2.45, 2.75) is 321 Å². The van der Waals surface area contributed by atoms with Gasteiger partial charge < -0.3 is 122 Å². The third kappa shape index (κ3) is 39.9. The number of nitrogens with zero attached hydrogens (tertiary/aromatic N) is 5. The normalized spacial score (nSPS) is 17.0. The summed E-state index contributed by atoms with van der Waals surface area (Å²) in [5.41, 5.74) is -4.21. The van der Waals surface area contributed by atoms with Gasteiger partial charge in [0.05, 0.1) is 35.5 Å². The number of carboxylic acid groups (broad SMARTS) is 1. The number of fused-ring (bicyclic) bond motifs is 4. The fourth-order valence-electron chi connectivity index (χ4n) is 18.0. The van der Waals surface area contributed by atoms with Gasteiger partial charge in [-0.3, -0.25) is 23.4 Å². The molecule has 8 aliphatic heterocycles. The van der Waals surface area contributed by atoms with E-state index in [1.807, 2.05) is 150 Å². The molecule has 0 radical (unpaired) electrons. The molecule has 5 amide bonds. The van der Waals surface area contributed by atoms with Crippen LogP contribution in [-0.4, -0.2) is 271 Å². The van der Waals surface area contributed by atoms with E-state index in [-0.39, 0.29) is 119 Å². The standard InChI is InChI=1S/C29H44N2O6.C27H39NO7.C25H35NO7.C21H28F3NO8S.C7H13O2.BrH.Zn/c1-7-30(8-2)25(32)15-10-9-12-22-20-29(16-18-31(19-17-29)27(33)37-28(3,4)5)36-24-14-11-13-23(26(22)24)35-21-34-6;1-6-32-23(29)13-8-7-10-20-18-27(14-16-28(17-15-27)25(30)35-26(2,3)4)34-22-12-9-11-21(24(20)22)33-19-31-5;1-24(2,3)33-23(29)26-14-12-25(13-15-26)16-18(8-5-6-11-21(27)28)22-19(31-17-30-4)9-7-10-20(22)32-25;1-19(2,3)32-18(26)25-10-8-20(9-11-25)12-16(33-34(27,28)21(22,23)24)17-14(30-13-29-4)6-5-7-15(17)31-20;1-3-5-6-7(8)9-4-2;;/h11,13-14,20H,7-10,12,15-19,21H2,1-6H3;9,11-12,18H,6-8,10,13-17,19H2,1-5H3;7,9-10,16H,5-6,8,11-15,17H2,1-4H3,(H,27,28);5-7,16H,8-13H2,1-4H3;1,3-6H2,2H3;1H;/q;;;;-1;;+2/p-1. The molecule has 12 rings (SSSR count). The van der Waals surface area contributed by atoms with E-state index in [1.54, 1.807) is 62.9 Å². The monoisotopic (exact) mass is 2250 g/mol. The number of hydrogen-bond donors (Lipinski definition) is 1. The number of halogens is 4. The number of ether oxygens (including phenoxy) is 18. The summed E-state index contributed by atoms with van der Waals surface area (Å²) in [5.74, 6) is 3.80. The first-order chi connectivity index (χ1) is 70.9. The Labute approximate surface area is 900 Å². The van der Waals surface area contributed by atoms with E-state index in [0.29, 0.717) is 135 Å². The number of carbonyl (C=O) groups excluding carboxylic acids is 7. The van der Waals surface area contributed by atoms with Crippen LogP contribution in [0.3, 0.4) is 0 Å². The second-order valence-corrected chi connectivity index (χ2v) is 42.8. The summed E-state index contributed by atoms with van der Waals surface area (Å²) < 4.78 is 169. The first kappa shape index (κ1) is 127. The first-order valence-electron chi connectivity index (χ1n) is 51.6. The number of allylic oxidation sites excluding steroid dienone is 3. The molecule has 4 fully saturated rings. The van der Waals surface area contributed by atoms with Crippen LogP contribution in [0.25, 0.3) is 16.7 Å². The van der Waals surface area contributed by atoms with Crippen LogP contribution in [0.15, 0.2) is 91.0 Å². The van der Waals surface area contributed by atoms with Gasteiger partial charge in [0.25, 0.3) is 0 Å². The summed E-state index contributed by atoms with van der Waals surface area (Å²) in [4.78, 5) is 104. The van der Waals surface area contributed by atoms with Gasteiger partial charge in [0.2, 0.25) is 5.91 Å². The molecule has 150 heavy (non-hydrogen) atoms. The predicted molar refractivity (Wildman–Crippen MR) is 557 cm³/mol. The molecule has 1 unspecified atom stereocenters. The van der Waals surface area contributed by atoms with Crippen LogP contribution in [0.4, 0.5) is 32.3 Å². The molecule has 4 aromatic carbocycles. The van der Waals surface area contributed by atoms with Crippen molar-refractivity contribution in [1.82, 2.24) is 24.5 Å². The number of amides is 5. The molecule has 4 aromatic rings. The number of rotatable bonds is 36. The summed E-state index contributed by atoms with van der Waals surface area (Å²) in [7, 11) is 0.219. The van der Waals surface area contributed by atoms with Crippen molar-refractivity contribution in [3.8, 4) is 46.0 Å². The molecule has 8 aliphatic rings. The van der Waals surface area contributed by atoms with Gasteiger partial charge in [0.1, 0.15) is 96.9 Å². The minimum absolute atomic E-state index is 0.0487. The van der Waals surface area contributed by atoms with E-state index >= 15 is 0 Å². The Morgan fingerprint density at radius 2 is 0.733 bits per heavy atom. The van der Waals surface area contributed by atoms with Crippen LogP contribution in [0, 0.1) is 6.92 Å². The molecule has 8 heterocycles. The van der Waals surface area contributed by atoms with E-state index in [9.17, 15) is 59.9 Å². The van der Waals surface area contributed by atoms with Crippen molar-refractivity contribution in [2.24, 2.45) is 0 Å². The van der Waals surface area contributed by atoms with E-state index in [4.69, 9.17) is 89.8 Å². The van der Waals surface area contributed by atoms with Crippen LogP contribution in [-0.2, 0) is 97.2 Å². The maximum absolute atomic E-state index is 13.1. The van der Waals surface area contributed by atoms with Crippen molar-refractivity contribution in [3.05, 3.63) is 120 Å². The Bertz CT molecular complexity index is 5210. The topological polar surface area (TPSA) is 382 Å². The number of methoxy groups -OCH3 is 4. The second kappa shape index (κ2) is 59.5. The third-order valence-corrected chi connectivity index (χ3v) is 26.0. The van der Waals surface area contributed by atoms with Crippen molar-refractivity contribution in [3.63, 3.8) is 0 Å². The number of esters is 2. The molecule has 836 valence electrons. The molecule has 4 saturated heterocycles. The SMILES string of the molecule is CCN(CC)C(=O)CCCCC1=CC2(CCN(C(=O)OC(C)(C)C)CC2)Oc2cccc(OCOC)c21.CCOC(=O)CCCCC1=CC2(CCN(C(=O)OC(C)(C)C)CC2)Oc2cccc(OCOC)c21.COCOc1cccc2c1C(CCCCC(=O)O)=CC1(CCN(C(=O)OC(C)(C)C)CC1)O2.COCOc1cccc2c1C(OS(=O)(=O)C(F)(F)F)CC1(CCN(C(=O)OC(C)(C)C)CC1)O2.[CH2-]CCCC(=O)OCC.[Zn+][Br]. The minimum atomic E-state index is -5.90. The van der Waals surface area contributed by atoms with Crippen LogP contribution >= 0.6 is 13.6 Å². The van der Waals surface area contributed by atoms with Crippen LogP contribution in [0.1, 0.15) is 293 Å². The van der Waals surface area contributed by atoms with Crippen LogP contribution < -0.4 is 37.9 Å². The molecule has 4 spiro atoms. The Morgan fingerprint density at radius 3 is 1.03 bits per heavy atom. The first-order valence-corrected chi connectivity index (χ1v) is 59.9. The van der Waals surface area contributed by atoms with Gasteiger partial charge in [-0.05, 0) is 252 Å². The third-order valence-electron chi connectivity index (χ3n) is 25.0. The van der Waals surface area contributed by atoms with E-state index < -0.39 is 78.6 Å². The van der Waals surface area contributed by atoms with Crippen molar-refractivity contribution in [2.75, 3.05) is 134 Å². The molecule has 0 aliphatic carbocycles. The summed E-state index contributed by atoms with van der Waals surface area (Å²) in [6.07, 6.45) is 18.1. The summed E-state index contributed by atoms with van der Waals surface area (Å²) in [5, 5.41) is 8.98. The van der Waals surface area contributed by atoms with E-state index in [0.717, 1.165) is 127 Å². The summed E-state index contributed by atoms with van der Waals surface area (Å²) in [6, 6.07) is 21.9. The summed E-state index contributed by atoms with van der Waals surface area (Å²) >= 11 is 4.25. The van der Waals surface area contributed by atoms with Gasteiger partial charge in [0, 0.05) is 177 Å². The molecular formula is C109H159BrF3N5O30SZn. The van der Waals surface area contributed by atoms with Gasteiger partial charge in [0.15, 0.2) is 27.2 Å². The summed E-state index contributed by atoms with van der Waals surface area (Å²) in [6.45, 7) is 39.6. The van der Waals surface area contributed by atoms with Gasteiger partial charge in [-0.25, -0.2) is 19.2 Å². The molecule has 0 bridgehead atoms. The Morgan fingerprint density at radius 1 is 0.433 bits per heavy atom. The van der Waals surface area contributed by atoms with Gasteiger partial charge in [-0.1, -0.05) is 30.7 Å². The fourth-order valence-corrected chi connectivity index (χ4v) is 18.6. The number of piperidine rings is 4. The Kier molecular flexibility index (Phi) is 50.4. The predicted octanol–water partition coefficient (Wildman–Crippen LogP) is 22.4. The number of benzene rings is 4. The molecule has 0 saturated carbocycles. The maximum atomic E-state index is 13.1. The van der Waals surface area contributed by atoms with Gasteiger partial charge >= 0.3 is 87.9 Å². The molecule has 1 atom stereocenters. The van der Waals surface area contributed by atoms with E-state index in [2.05, 4.69) is 43.5 Å². The van der Waals surface area contributed by atoms with Crippen molar-refractivity contribution < 1.29 is 171 Å². The molecule has 35 nitrogen and oxygen atoms in total. The number of alkyl halides is 3. The molecular weight excluding hydrogens is 2090 g/mol. The molecule has 0 aromatic heterocycles. The van der Waals surface area contributed by atoms with Gasteiger partial charge in [-0.15, -0.1) is 0 Å². The second-order valence-electron chi connectivity index (χ2n) is 41.3. The number of carbonyl (C=O) groups is 8. The zero-order valence-corrected chi connectivity index (χ0v) is 96.7. The Hall–Kier alpha value is -9.90. The number of likely N-dealkylation sites (tertiary alicyclic amines) is 4. The number of aliphatic carboxylic acids is 1. The Balaban J connectivity index is 0.000000261. The van der Waals surface area contributed by atoms with Crippen LogP contribution in [0.2, 0.25) is 0 Å². The zero-order valence-electron chi connectivity index (χ0n) is 91.4. The van der Waals surface area contributed by atoms with Gasteiger partial charge in [-0.2, -0.15) is 28.0 Å². The number of hydrogen-bond acceptors (Lipinski definition) is 29. The van der Waals surface area contributed by atoms with E-state index in [1.165, 1.54) is 40.5 Å². The average Bonchev–Trinajstić information content (AvgIpc) is 0.770. The zero-order chi connectivity index (χ0) is 111.